The van der Waals surface area contributed by atoms with Gasteiger partial charge in [0.1, 0.15) is 18.1 Å². The van der Waals surface area contributed by atoms with Gasteiger partial charge in [0.2, 0.25) is 11.8 Å². The van der Waals surface area contributed by atoms with Crippen LogP contribution in [0.1, 0.15) is 18.4 Å². The average Bonchev–Trinajstić information content (AvgIpc) is 2.70. The van der Waals surface area contributed by atoms with Crippen LogP contribution in [0.2, 0.25) is 0 Å². The largest absolute Gasteiger partial charge is 0.496 e. The maximum atomic E-state index is 12.5. The fraction of sp³-hybridized carbons (Fsp3) is 0.300. The van der Waals surface area contributed by atoms with Gasteiger partial charge in [0.25, 0.3) is 0 Å². The predicted molar refractivity (Wildman–Crippen MR) is 98.4 cm³/mol. The van der Waals surface area contributed by atoms with Crippen molar-refractivity contribution in [3.63, 3.8) is 0 Å². The Balaban J connectivity index is 1.51. The SMILES string of the molecule is COc1ccccc1CNC(=O)CCC(=O)N1CCOc2ccccc21. The van der Waals surface area contributed by atoms with Gasteiger partial charge in [-0.3, -0.25) is 9.59 Å². The second-order valence-corrected chi connectivity index (χ2v) is 5.95. The molecule has 2 amide bonds. The van der Waals surface area contributed by atoms with Gasteiger partial charge in [-0.1, -0.05) is 30.3 Å². The second kappa shape index (κ2) is 8.38. The molecule has 0 aliphatic carbocycles. The summed E-state index contributed by atoms with van der Waals surface area (Å²) in [7, 11) is 1.60. The van der Waals surface area contributed by atoms with Gasteiger partial charge in [-0.15, -0.1) is 0 Å². The van der Waals surface area contributed by atoms with Crippen molar-refractivity contribution in [2.24, 2.45) is 0 Å². The molecule has 2 aromatic carbocycles. The molecule has 26 heavy (non-hydrogen) atoms. The highest BCUT2D eigenvalue weighted by Gasteiger charge is 2.23. The molecule has 0 radical (unpaired) electrons. The third-order valence-corrected chi connectivity index (χ3v) is 4.26. The molecule has 0 bridgehead atoms. The molecule has 3 rings (SSSR count). The number of anilines is 1. The van der Waals surface area contributed by atoms with Gasteiger partial charge in [-0.2, -0.15) is 0 Å². The van der Waals surface area contributed by atoms with Crippen molar-refractivity contribution in [2.75, 3.05) is 25.2 Å². The summed E-state index contributed by atoms with van der Waals surface area (Å²) in [5.41, 5.74) is 1.66. The first-order chi connectivity index (χ1) is 12.7. The summed E-state index contributed by atoms with van der Waals surface area (Å²) in [4.78, 5) is 26.3. The fourth-order valence-corrected chi connectivity index (χ4v) is 2.92. The zero-order chi connectivity index (χ0) is 18.4. The van der Waals surface area contributed by atoms with Gasteiger partial charge in [-0.25, -0.2) is 0 Å². The highest BCUT2D eigenvalue weighted by atomic mass is 16.5. The normalized spacial score (nSPS) is 12.7. The second-order valence-electron chi connectivity index (χ2n) is 5.95. The van der Waals surface area contributed by atoms with Crippen LogP contribution in [-0.4, -0.2) is 32.1 Å². The third-order valence-electron chi connectivity index (χ3n) is 4.26. The van der Waals surface area contributed by atoms with Crippen molar-refractivity contribution in [3.05, 3.63) is 54.1 Å². The first kappa shape index (κ1) is 17.8. The van der Waals surface area contributed by atoms with Crippen molar-refractivity contribution in [2.45, 2.75) is 19.4 Å². The summed E-state index contributed by atoms with van der Waals surface area (Å²) in [6, 6.07) is 15.0. The molecule has 0 aromatic heterocycles. The van der Waals surface area contributed by atoms with Crippen molar-refractivity contribution in [3.8, 4) is 11.5 Å². The summed E-state index contributed by atoms with van der Waals surface area (Å²) in [6.45, 7) is 1.33. The lowest BCUT2D eigenvalue weighted by atomic mass is 10.2. The Labute approximate surface area is 152 Å². The maximum absolute atomic E-state index is 12.5. The number of benzene rings is 2. The summed E-state index contributed by atoms with van der Waals surface area (Å²) in [6.07, 6.45) is 0.305. The third kappa shape index (κ3) is 4.14. The molecule has 1 aliphatic rings. The van der Waals surface area contributed by atoms with E-state index in [2.05, 4.69) is 5.32 Å². The topological polar surface area (TPSA) is 67.9 Å². The Morgan fingerprint density at radius 1 is 1.12 bits per heavy atom. The number of rotatable bonds is 6. The Kier molecular flexibility index (Phi) is 5.73. The van der Waals surface area contributed by atoms with Crippen LogP contribution in [0.25, 0.3) is 0 Å². The van der Waals surface area contributed by atoms with Crippen LogP contribution in [0.3, 0.4) is 0 Å². The number of hydrogen-bond donors (Lipinski definition) is 1. The number of carbonyl (C=O) groups is 2. The van der Waals surface area contributed by atoms with E-state index in [-0.39, 0.29) is 24.7 Å². The smallest absolute Gasteiger partial charge is 0.227 e. The lowest BCUT2D eigenvalue weighted by Crippen LogP contribution is -2.38. The highest BCUT2D eigenvalue weighted by Crippen LogP contribution is 2.31. The highest BCUT2D eigenvalue weighted by molar-refractivity contribution is 5.97. The molecule has 1 aliphatic heterocycles. The van der Waals surface area contributed by atoms with E-state index >= 15 is 0 Å². The molecule has 6 heteroatoms. The van der Waals surface area contributed by atoms with E-state index in [1.807, 2.05) is 48.5 Å². The zero-order valence-corrected chi connectivity index (χ0v) is 14.7. The van der Waals surface area contributed by atoms with Crippen LogP contribution in [0.4, 0.5) is 5.69 Å². The standard InChI is InChI=1S/C20H22N2O4/c1-25-17-8-4-2-6-15(17)14-21-19(23)10-11-20(24)22-12-13-26-18-9-5-3-7-16(18)22/h2-9H,10-14H2,1H3,(H,21,23). The average molecular weight is 354 g/mol. The van der Waals surface area contributed by atoms with Crippen LogP contribution < -0.4 is 19.7 Å². The molecular formula is C20H22N2O4. The number of nitrogens with one attached hydrogen (secondary N) is 1. The monoisotopic (exact) mass is 354 g/mol. The van der Waals surface area contributed by atoms with Gasteiger partial charge in [-0.05, 0) is 18.2 Å². The fourth-order valence-electron chi connectivity index (χ4n) is 2.92. The first-order valence-corrected chi connectivity index (χ1v) is 8.60. The molecule has 136 valence electrons. The number of para-hydroxylation sites is 3. The van der Waals surface area contributed by atoms with Gasteiger partial charge >= 0.3 is 0 Å². The number of fused-ring (bicyclic) bond motifs is 1. The zero-order valence-electron chi connectivity index (χ0n) is 14.7. The molecule has 2 aromatic rings. The minimum absolute atomic E-state index is 0.0757. The Morgan fingerprint density at radius 3 is 2.73 bits per heavy atom. The molecule has 1 heterocycles. The van der Waals surface area contributed by atoms with Gasteiger partial charge < -0.3 is 19.7 Å². The number of ether oxygens (including phenoxy) is 2. The molecule has 1 N–H and O–H groups in total. The van der Waals surface area contributed by atoms with E-state index in [0.29, 0.717) is 25.4 Å². The van der Waals surface area contributed by atoms with Crippen molar-refractivity contribution in [1.82, 2.24) is 5.32 Å². The van der Waals surface area contributed by atoms with Gasteiger partial charge in [0.05, 0.1) is 19.3 Å². The van der Waals surface area contributed by atoms with E-state index < -0.39 is 0 Å². The van der Waals surface area contributed by atoms with Crippen molar-refractivity contribution in [1.29, 1.82) is 0 Å². The van der Waals surface area contributed by atoms with Gasteiger partial charge in [0.15, 0.2) is 0 Å². The van der Waals surface area contributed by atoms with Crippen LogP contribution in [0.15, 0.2) is 48.5 Å². The number of nitrogens with zero attached hydrogens (tertiary/aromatic N) is 1. The molecule has 0 unspecified atom stereocenters. The lowest BCUT2D eigenvalue weighted by Gasteiger charge is -2.29. The Hall–Kier alpha value is -3.02. The molecule has 0 atom stereocenters. The summed E-state index contributed by atoms with van der Waals surface area (Å²) < 4.78 is 10.8. The first-order valence-electron chi connectivity index (χ1n) is 8.60. The number of carbonyl (C=O) groups excluding carboxylic acids is 2. The molecule has 6 nitrogen and oxygen atoms in total. The Morgan fingerprint density at radius 2 is 1.88 bits per heavy atom. The van der Waals surface area contributed by atoms with Crippen molar-refractivity contribution >= 4 is 17.5 Å². The Bertz CT molecular complexity index is 791. The minimum atomic E-state index is -0.161. The van der Waals surface area contributed by atoms with E-state index in [1.54, 1.807) is 12.0 Å². The molecule has 0 saturated carbocycles. The van der Waals surface area contributed by atoms with E-state index in [0.717, 1.165) is 17.0 Å². The van der Waals surface area contributed by atoms with Crippen LogP contribution >= 0.6 is 0 Å². The minimum Gasteiger partial charge on any atom is -0.496 e. The molecular weight excluding hydrogens is 332 g/mol. The molecule has 0 fully saturated rings. The van der Waals surface area contributed by atoms with Crippen molar-refractivity contribution < 1.29 is 19.1 Å². The van der Waals surface area contributed by atoms with E-state index in [1.165, 1.54) is 0 Å². The summed E-state index contributed by atoms with van der Waals surface area (Å²) in [5.74, 6) is 1.19. The number of methoxy groups -OCH3 is 1. The quantitative estimate of drug-likeness (QED) is 0.866. The van der Waals surface area contributed by atoms with E-state index in [4.69, 9.17) is 9.47 Å². The lowest BCUT2D eigenvalue weighted by molar-refractivity contribution is -0.125. The van der Waals surface area contributed by atoms with Crippen LogP contribution in [-0.2, 0) is 16.1 Å². The molecule has 0 spiro atoms. The van der Waals surface area contributed by atoms with E-state index in [9.17, 15) is 9.59 Å². The van der Waals surface area contributed by atoms with Gasteiger partial charge in [0, 0.05) is 24.9 Å². The number of amides is 2. The summed E-state index contributed by atoms with van der Waals surface area (Å²) >= 11 is 0. The van der Waals surface area contributed by atoms with Crippen LogP contribution in [0.5, 0.6) is 11.5 Å². The predicted octanol–water partition coefficient (Wildman–Crippen LogP) is 2.52. The molecule has 0 saturated heterocycles. The summed E-state index contributed by atoms with van der Waals surface area (Å²) in [5, 5.41) is 2.84. The number of hydrogen-bond acceptors (Lipinski definition) is 4. The van der Waals surface area contributed by atoms with Crippen LogP contribution in [0, 0.1) is 0 Å². The maximum Gasteiger partial charge on any atom is 0.227 e.